The van der Waals surface area contributed by atoms with Crippen LogP contribution in [0.25, 0.3) is 0 Å². The van der Waals surface area contributed by atoms with Crippen LogP contribution in [0, 0.1) is 17.1 Å². The topological polar surface area (TPSA) is 70.0 Å². The summed E-state index contributed by atoms with van der Waals surface area (Å²) in [6, 6.07) is 6.59. The predicted octanol–water partition coefficient (Wildman–Crippen LogP) is 3.98. The molecular weight excluding hydrogens is 391 g/mol. The molecule has 0 fully saturated rings. The Kier molecular flexibility index (Phi) is 4.34. The molecule has 9 heteroatoms. The number of hydrogen-bond acceptors (Lipinski definition) is 4. The van der Waals surface area contributed by atoms with E-state index in [0.29, 0.717) is 3.79 Å². The first kappa shape index (κ1) is 15.3. The maximum Gasteiger partial charge on any atom is 0.271 e. The molecule has 2 aromatic rings. The van der Waals surface area contributed by atoms with Gasteiger partial charge in [-0.25, -0.2) is 12.8 Å². The lowest BCUT2D eigenvalue weighted by Crippen LogP contribution is -2.13. The van der Waals surface area contributed by atoms with E-state index in [1.54, 1.807) is 6.07 Å². The monoisotopic (exact) mass is 394 g/mol. The van der Waals surface area contributed by atoms with Crippen molar-refractivity contribution in [1.82, 2.24) is 0 Å². The van der Waals surface area contributed by atoms with Gasteiger partial charge in [0.15, 0.2) is 0 Å². The SMILES string of the molecule is N#Cc1c(F)cccc1NS(=O)(=O)c1cc(Cl)c(Br)s1. The molecule has 0 unspecified atom stereocenters. The summed E-state index contributed by atoms with van der Waals surface area (Å²) >= 11 is 9.81. The highest BCUT2D eigenvalue weighted by Gasteiger charge is 2.21. The number of halogens is 3. The van der Waals surface area contributed by atoms with Crippen LogP contribution in [0.5, 0.6) is 0 Å². The summed E-state index contributed by atoms with van der Waals surface area (Å²) in [4.78, 5) is 0. The molecule has 1 aromatic heterocycles. The maximum atomic E-state index is 13.4. The zero-order valence-corrected chi connectivity index (χ0v) is 13.5. The van der Waals surface area contributed by atoms with Crippen LogP contribution in [0.4, 0.5) is 10.1 Å². The molecule has 20 heavy (non-hydrogen) atoms. The van der Waals surface area contributed by atoms with Gasteiger partial charge < -0.3 is 0 Å². The van der Waals surface area contributed by atoms with Crippen molar-refractivity contribution in [3.8, 4) is 6.07 Å². The number of sulfonamides is 1. The van der Waals surface area contributed by atoms with Gasteiger partial charge in [0, 0.05) is 0 Å². The second-order valence-corrected chi connectivity index (χ2v) is 8.25. The number of nitrogens with one attached hydrogen (secondary N) is 1. The first-order valence-corrected chi connectivity index (χ1v) is 8.48. The second kappa shape index (κ2) is 5.69. The molecule has 0 aliphatic carbocycles. The minimum atomic E-state index is -3.93. The van der Waals surface area contributed by atoms with E-state index in [4.69, 9.17) is 16.9 Å². The number of hydrogen-bond donors (Lipinski definition) is 1. The Labute approximate surface area is 132 Å². The van der Waals surface area contributed by atoms with Gasteiger partial charge in [0.25, 0.3) is 10.0 Å². The highest BCUT2D eigenvalue weighted by atomic mass is 79.9. The van der Waals surface area contributed by atoms with E-state index in [2.05, 4.69) is 20.7 Å². The summed E-state index contributed by atoms with van der Waals surface area (Å²) in [6.07, 6.45) is 0. The molecular formula is C11H5BrClFN2O2S2. The van der Waals surface area contributed by atoms with Gasteiger partial charge >= 0.3 is 0 Å². The van der Waals surface area contributed by atoms with Gasteiger partial charge in [-0.2, -0.15) is 5.26 Å². The van der Waals surface area contributed by atoms with Crippen LogP contribution < -0.4 is 4.72 Å². The summed E-state index contributed by atoms with van der Waals surface area (Å²) < 4.78 is 40.3. The van der Waals surface area contributed by atoms with E-state index in [1.807, 2.05) is 0 Å². The largest absolute Gasteiger partial charge is 0.278 e. The molecule has 1 aromatic carbocycles. The number of benzene rings is 1. The van der Waals surface area contributed by atoms with Crippen molar-refractivity contribution in [2.75, 3.05) is 4.72 Å². The number of rotatable bonds is 3. The van der Waals surface area contributed by atoms with Crippen LogP contribution in [-0.2, 0) is 10.0 Å². The van der Waals surface area contributed by atoms with Gasteiger partial charge in [0.05, 0.1) is 14.5 Å². The molecule has 104 valence electrons. The average molecular weight is 396 g/mol. The van der Waals surface area contributed by atoms with Gasteiger partial charge in [0.1, 0.15) is 21.7 Å². The molecule has 0 aliphatic heterocycles. The molecule has 0 saturated carbocycles. The summed E-state index contributed by atoms with van der Waals surface area (Å²) in [6.45, 7) is 0. The lowest BCUT2D eigenvalue weighted by atomic mass is 10.2. The smallest absolute Gasteiger partial charge is 0.271 e. The van der Waals surface area contributed by atoms with Gasteiger partial charge in [-0.3, -0.25) is 4.72 Å². The zero-order valence-electron chi connectivity index (χ0n) is 9.52. The van der Waals surface area contributed by atoms with Gasteiger partial charge in [-0.15, -0.1) is 11.3 Å². The Bertz CT molecular complexity index is 795. The quantitative estimate of drug-likeness (QED) is 0.854. The standard InChI is InChI=1S/C11H5BrClFN2O2S2/c12-11-7(13)4-10(19-11)20(17,18)16-9-3-1-2-8(14)6(9)5-15/h1-4,16H. The average Bonchev–Trinajstić information content (AvgIpc) is 2.70. The Morgan fingerprint density at radius 1 is 1.45 bits per heavy atom. The van der Waals surface area contributed by atoms with E-state index in [0.717, 1.165) is 17.4 Å². The van der Waals surface area contributed by atoms with E-state index in [-0.39, 0.29) is 20.5 Å². The van der Waals surface area contributed by atoms with Crippen LogP contribution in [0.3, 0.4) is 0 Å². The molecule has 0 amide bonds. The number of thiophene rings is 1. The molecule has 0 radical (unpaired) electrons. The first-order valence-electron chi connectivity index (χ1n) is 5.01. The van der Waals surface area contributed by atoms with E-state index >= 15 is 0 Å². The molecule has 1 N–H and O–H groups in total. The van der Waals surface area contributed by atoms with Crippen LogP contribution in [-0.4, -0.2) is 8.42 Å². The zero-order chi connectivity index (χ0) is 14.9. The molecule has 2 rings (SSSR count). The summed E-state index contributed by atoms with van der Waals surface area (Å²) in [7, 11) is -3.93. The van der Waals surface area contributed by atoms with E-state index in [1.165, 1.54) is 18.2 Å². The van der Waals surface area contributed by atoms with Crippen LogP contribution >= 0.6 is 38.9 Å². The van der Waals surface area contributed by atoms with E-state index < -0.39 is 15.8 Å². The molecule has 0 spiro atoms. The minimum Gasteiger partial charge on any atom is -0.278 e. The number of nitrogens with zero attached hydrogens (tertiary/aromatic N) is 1. The fraction of sp³-hybridized carbons (Fsp3) is 0. The lowest BCUT2D eigenvalue weighted by Gasteiger charge is -2.08. The van der Waals surface area contributed by atoms with Gasteiger partial charge in [-0.1, -0.05) is 17.7 Å². The normalized spacial score (nSPS) is 11.1. The third-order valence-corrected chi connectivity index (χ3v) is 6.57. The first-order chi connectivity index (χ1) is 9.35. The van der Waals surface area contributed by atoms with Crippen molar-refractivity contribution in [1.29, 1.82) is 5.26 Å². The van der Waals surface area contributed by atoms with Crippen molar-refractivity contribution < 1.29 is 12.8 Å². The minimum absolute atomic E-state index is 0.0393. The highest BCUT2D eigenvalue weighted by molar-refractivity contribution is 9.11. The third-order valence-electron chi connectivity index (χ3n) is 2.26. The van der Waals surface area contributed by atoms with Crippen LogP contribution in [0.2, 0.25) is 5.02 Å². The lowest BCUT2D eigenvalue weighted by molar-refractivity contribution is 0.603. The number of nitriles is 1. The number of anilines is 1. The third kappa shape index (κ3) is 2.96. The van der Waals surface area contributed by atoms with Crippen LogP contribution in [0.1, 0.15) is 5.56 Å². The van der Waals surface area contributed by atoms with Crippen molar-refractivity contribution >= 4 is 54.6 Å². The van der Waals surface area contributed by atoms with Gasteiger partial charge in [0.2, 0.25) is 0 Å². The molecule has 0 aliphatic rings. The fourth-order valence-corrected chi connectivity index (χ4v) is 4.85. The molecule has 0 atom stereocenters. The van der Waals surface area contributed by atoms with Crippen LogP contribution in [0.15, 0.2) is 32.3 Å². The predicted molar refractivity (Wildman–Crippen MR) is 79.0 cm³/mol. The highest BCUT2D eigenvalue weighted by Crippen LogP contribution is 2.35. The Morgan fingerprint density at radius 2 is 2.15 bits per heavy atom. The van der Waals surface area contributed by atoms with E-state index in [9.17, 15) is 12.8 Å². The Balaban J connectivity index is 2.44. The summed E-state index contributed by atoms with van der Waals surface area (Å²) in [5.74, 6) is -0.793. The Morgan fingerprint density at radius 3 is 2.70 bits per heavy atom. The molecule has 4 nitrogen and oxygen atoms in total. The van der Waals surface area contributed by atoms with Crippen molar-refractivity contribution in [2.24, 2.45) is 0 Å². The second-order valence-electron chi connectivity index (χ2n) is 3.57. The Hall–Kier alpha value is -1.14. The van der Waals surface area contributed by atoms with Crippen molar-refractivity contribution in [2.45, 2.75) is 4.21 Å². The molecule has 0 bridgehead atoms. The summed E-state index contributed by atoms with van der Waals surface area (Å²) in [5, 5.41) is 9.12. The molecule has 1 heterocycles. The molecule has 0 saturated heterocycles. The van der Waals surface area contributed by atoms with Gasteiger partial charge in [-0.05, 0) is 34.1 Å². The maximum absolute atomic E-state index is 13.4. The summed E-state index contributed by atoms with van der Waals surface area (Å²) in [5.41, 5.74) is -0.481. The van der Waals surface area contributed by atoms with Crippen molar-refractivity contribution in [3.63, 3.8) is 0 Å². The fourth-order valence-electron chi connectivity index (χ4n) is 1.38. The van der Waals surface area contributed by atoms with Crippen molar-refractivity contribution in [3.05, 3.63) is 44.5 Å².